The van der Waals surface area contributed by atoms with Crippen molar-refractivity contribution in [2.45, 2.75) is 0 Å². The zero-order chi connectivity index (χ0) is 16.3. The van der Waals surface area contributed by atoms with Crippen LogP contribution in [0.3, 0.4) is 0 Å². The Bertz CT molecular complexity index is 718. The van der Waals surface area contributed by atoms with Crippen LogP contribution in [0.15, 0.2) is 30.3 Å². The second-order valence-corrected chi connectivity index (χ2v) is 6.48. The average Bonchev–Trinajstić information content (AvgIpc) is 2.49. The topological polar surface area (TPSA) is 116 Å². The predicted molar refractivity (Wildman–Crippen MR) is 78.8 cm³/mol. The van der Waals surface area contributed by atoms with Crippen LogP contribution in [-0.4, -0.2) is 26.4 Å². The number of halogens is 2. The molecule has 2 aromatic carbocycles. The van der Waals surface area contributed by atoms with Crippen molar-refractivity contribution in [1.29, 1.82) is 0 Å². The molecule has 2 aromatic rings. The molecule has 0 aromatic heterocycles. The summed E-state index contributed by atoms with van der Waals surface area (Å²) >= 11 is 0.195. The van der Waals surface area contributed by atoms with Gasteiger partial charge in [0.25, 0.3) is 0 Å². The van der Waals surface area contributed by atoms with E-state index >= 15 is 0 Å². The summed E-state index contributed by atoms with van der Waals surface area (Å²) < 4.78 is 10.6. The summed E-state index contributed by atoms with van der Waals surface area (Å²) in [4.78, 5) is 11.1. The summed E-state index contributed by atoms with van der Waals surface area (Å²) in [6.45, 7) is 0. The van der Waals surface area contributed by atoms with Crippen LogP contribution in [0.4, 0.5) is 0 Å². The average molecular weight is 531 g/mol. The van der Waals surface area contributed by atoms with Crippen molar-refractivity contribution in [3.8, 4) is 28.7 Å². The van der Waals surface area contributed by atoms with Gasteiger partial charge in [0.1, 0.15) is 0 Å². The number of benzene rings is 2. The van der Waals surface area contributed by atoms with E-state index in [-0.39, 0.29) is 37.9 Å². The molecule has 2 rings (SSSR count). The molecule has 9 heteroatoms. The molecule has 0 saturated carbocycles. The molecule has 0 unspecified atom stereocenters. The Morgan fingerprint density at radius 3 is 2.45 bits per heavy atom. The van der Waals surface area contributed by atoms with Gasteiger partial charge in [-0.05, 0) is 0 Å². The molecule has 0 atom stereocenters. The first-order chi connectivity index (χ1) is 10.4. The Hall–Kier alpha value is -1.63. The Morgan fingerprint density at radius 2 is 1.82 bits per heavy atom. The molecule has 0 aliphatic heterocycles. The van der Waals surface area contributed by atoms with Crippen LogP contribution in [-0.2, 0) is 0 Å². The van der Waals surface area contributed by atoms with Gasteiger partial charge in [0.15, 0.2) is 0 Å². The van der Waals surface area contributed by atoms with Crippen LogP contribution < -0.4 is 27.8 Å². The fourth-order valence-electron chi connectivity index (χ4n) is 1.46. The number of rotatable bonds is 5. The van der Waals surface area contributed by atoms with E-state index in [9.17, 15) is 20.1 Å². The van der Waals surface area contributed by atoms with Crippen molar-refractivity contribution >= 4 is 29.0 Å². The van der Waals surface area contributed by atoms with Crippen molar-refractivity contribution < 1.29 is 53.0 Å². The third-order valence-corrected chi connectivity index (χ3v) is 4.97. The van der Waals surface area contributed by atoms with Crippen LogP contribution in [0.2, 0.25) is 0 Å². The molecule has 0 radical (unpaired) electrons. The molecule has 7 nitrogen and oxygen atoms in total. The van der Waals surface area contributed by atoms with E-state index < -0.39 is 27.6 Å². The van der Waals surface area contributed by atoms with Gasteiger partial charge in [-0.3, -0.25) is 0 Å². The fourth-order valence-corrected chi connectivity index (χ4v) is 3.56. The first-order valence-electron chi connectivity index (χ1n) is 5.65. The van der Waals surface area contributed by atoms with Gasteiger partial charge < -0.3 is 0 Å². The third kappa shape index (κ3) is 3.76. The molecule has 4 N–H and O–H groups in total. The molecule has 0 saturated heterocycles. The maximum atomic E-state index is 11.1. The first kappa shape index (κ1) is 16.7. The zero-order valence-corrected chi connectivity index (χ0v) is 15.0. The van der Waals surface area contributed by atoms with E-state index in [1.807, 2.05) is 0 Å². The first-order valence-corrected chi connectivity index (χ1v) is 8.49. The predicted octanol–water partition coefficient (Wildman–Crippen LogP) is -0.517. The molecular weight excluding hydrogens is 522 g/mol. The molecule has 0 bridgehead atoms. The van der Waals surface area contributed by atoms with Crippen molar-refractivity contribution in [3.05, 3.63) is 39.5 Å². The molecule has 0 aliphatic rings. The Labute approximate surface area is 149 Å². The zero-order valence-electron chi connectivity index (χ0n) is 10.7. The molecule has 0 heterocycles. The van der Waals surface area contributed by atoms with Gasteiger partial charge in [0.2, 0.25) is 0 Å². The SMILES string of the molecule is O=C(O)c1cc(OI)c(O)c([I-]Oc2cc(O)ccc2O)c1. The van der Waals surface area contributed by atoms with E-state index in [0.29, 0.717) is 0 Å². The summed E-state index contributed by atoms with van der Waals surface area (Å²) in [6, 6.07) is 6.27. The number of hydrogen-bond donors (Lipinski definition) is 4. The van der Waals surface area contributed by atoms with Gasteiger partial charge in [-0.25, -0.2) is 0 Å². The van der Waals surface area contributed by atoms with Crippen molar-refractivity contribution in [2.24, 2.45) is 0 Å². The molecule has 118 valence electrons. The maximum absolute atomic E-state index is 11.1. The van der Waals surface area contributed by atoms with Crippen molar-refractivity contribution in [1.82, 2.24) is 0 Å². The Balaban J connectivity index is 2.30. The normalized spacial score (nSPS) is 10.4. The number of aromatic hydroxyl groups is 3. The minimum absolute atomic E-state index is 0.0129. The Kier molecular flexibility index (Phi) is 5.39. The molecular formula is C13H9I2O7-. The number of phenolic OH excluding ortho intramolecular Hbond substituents is 3. The van der Waals surface area contributed by atoms with E-state index in [1.165, 1.54) is 53.3 Å². The molecule has 0 fully saturated rings. The quantitative estimate of drug-likeness (QED) is 0.304. The molecule has 0 spiro atoms. The summed E-state index contributed by atoms with van der Waals surface area (Å²) in [5.41, 5.74) is -0.0529. The van der Waals surface area contributed by atoms with Crippen molar-refractivity contribution in [3.63, 3.8) is 0 Å². The number of carbonyl (C=O) groups is 1. The standard InChI is InChI=1S/C13H9I2O7/c14-21-11-4-6(13(19)20)3-8(12(11)18)15-22-10-5-7(16)1-2-9(10)17/h1-5,16-18H,(H,19,20)/q-1. The minimum atomic E-state index is -1.34. The van der Waals surface area contributed by atoms with Gasteiger partial charge in [0.05, 0.1) is 0 Å². The van der Waals surface area contributed by atoms with Crippen LogP contribution in [0, 0.1) is 3.57 Å². The Morgan fingerprint density at radius 1 is 1.09 bits per heavy atom. The second-order valence-electron chi connectivity index (χ2n) is 3.99. The third-order valence-electron chi connectivity index (χ3n) is 2.51. The second kappa shape index (κ2) is 7.09. The van der Waals surface area contributed by atoms with Crippen LogP contribution in [0.5, 0.6) is 28.7 Å². The molecule has 0 aliphatic carbocycles. The van der Waals surface area contributed by atoms with Gasteiger partial charge in [-0.1, -0.05) is 0 Å². The van der Waals surface area contributed by atoms with E-state index in [0.717, 1.165) is 0 Å². The number of hydrogen-bond acceptors (Lipinski definition) is 6. The monoisotopic (exact) mass is 531 g/mol. The van der Waals surface area contributed by atoms with E-state index in [2.05, 4.69) is 0 Å². The molecule has 22 heavy (non-hydrogen) atoms. The number of carboxylic acid groups (broad SMARTS) is 1. The summed E-state index contributed by atoms with van der Waals surface area (Å²) in [5, 5.41) is 38.0. The van der Waals surface area contributed by atoms with E-state index in [1.54, 1.807) is 0 Å². The number of phenols is 3. The summed E-state index contributed by atoms with van der Waals surface area (Å²) in [5.74, 6) is -1.58. The van der Waals surface area contributed by atoms with Gasteiger partial charge >= 0.3 is 150 Å². The van der Waals surface area contributed by atoms with Gasteiger partial charge in [0, 0.05) is 0 Å². The summed E-state index contributed by atoms with van der Waals surface area (Å²) in [6.07, 6.45) is 0. The van der Waals surface area contributed by atoms with Crippen LogP contribution in [0.25, 0.3) is 0 Å². The van der Waals surface area contributed by atoms with Gasteiger partial charge in [-0.15, -0.1) is 0 Å². The number of aromatic carboxylic acids is 1. The fraction of sp³-hybridized carbons (Fsp3) is 0. The summed E-state index contributed by atoms with van der Waals surface area (Å²) in [7, 11) is 0. The van der Waals surface area contributed by atoms with Crippen LogP contribution >= 0.6 is 23.0 Å². The molecule has 0 amide bonds. The van der Waals surface area contributed by atoms with E-state index in [4.69, 9.17) is 11.2 Å². The van der Waals surface area contributed by atoms with Crippen LogP contribution in [0.1, 0.15) is 10.4 Å². The van der Waals surface area contributed by atoms with Crippen molar-refractivity contribution in [2.75, 3.05) is 0 Å². The van der Waals surface area contributed by atoms with Gasteiger partial charge in [-0.2, -0.15) is 0 Å². The number of carboxylic acids is 1.